The summed E-state index contributed by atoms with van der Waals surface area (Å²) in [4.78, 5) is 6.92. The Morgan fingerprint density at radius 3 is 3.17 bits per heavy atom. The lowest BCUT2D eigenvalue weighted by Gasteiger charge is -2.32. The largest absolute Gasteiger partial charge is 0.375 e. The molecule has 0 N–H and O–H groups in total. The van der Waals surface area contributed by atoms with Crippen molar-refractivity contribution in [3.8, 4) is 6.07 Å². The van der Waals surface area contributed by atoms with Crippen LogP contribution in [0.1, 0.15) is 30.2 Å². The van der Waals surface area contributed by atoms with E-state index in [0.29, 0.717) is 12.2 Å². The van der Waals surface area contributed by atoms with Crippen LogP contribution >= 0.6 is 0 Å². The van der Waals surface area contributed by atoms with E-state index in [1.54, 1.807) is 0 Å². The molecule has 1 aromatic rings. The molecule has 0 bridgehead atoms. The van der Waals surface area contributed by atoms with Gasteiger partial charge < -0.3 is 9.64 Å². The monoisotopic (exact) mass is 243 g/mol. The van der Waals surface area contributed by atoms with E-state index >= 15 is 0 Å². The second kappa shape index (κ2) is 4.58. The van der Waals surface area contributed by atoms with E-state index in [0.717, 1.165) is 38.2 Å². The fraction of sp³-hybridized carbons (Fsp3) is 0.571. The highest BCUT2D eigenvalue weighted by atomic mass is 16.5. The predicted octanol–water partition coefficient (Wildman–Crippen LogP) is 1.67. The molecule has 18 heavy (non-hydrogen) atoms. The third kappa shape index (κ3) is 1.95. The molecule has 1 aliphatic heterocycles. The van der Waals surface area contributed by atoms with E-state index in [-0.39, 0.29) is 6.10 Å². The number of aromatic nitrogens is 1. The van der Waals surface area contributed by atoms with Gasteiger partial charge in [0.2, 0.25) is 0 Å². The Balaban J connectivity index is 1.98. The molecule has 1 fully saturated rings. The number of hydrogen-bond acceptors (Lipinski definition) is 4. The number of rotatable bonds is 1. The molecule has 1 aromatic heterocycles. The van der Waals surface area contributed by atoms with Crippen LogP contribution in [0.2, 0.25) is 0 Å². The number of morpholine rings is 1. The molecule has 0 amide bonds. The lowest BCUT2D eigenvalue weighted by Crippen LogP contribution is -2.42. The first kappa shape index (κ1) is 11.5. The fourth-order valence-electron chi connectivity index (χ4n) is 2.80. The summed E-state index contributed by atoms with van der Waals surface area (Å²) >= 11 is 0. The zero-order valence-electron chi connectivity index (χ0n) is 10.6. The van der Waals surface area contributed by atoms with Gasteiger partial charge in [0.05, 0.1) is 18.3 Å². The Kier molecular flexibility index (Phi) is 2.92. The van der Waals surface area contributed by atoms with Gasteiger partial charge in [0.15, 0.2) is 0 Å². The van der Waals surface area contributed by atoms with Crippen LogP contribution in [0.25, 0.3) is 0 Å². The van der Waals surface area contributed by atoms with Gasteiger partial charge >= 0.3 is 0 Å². The molecule has 2 heterocycles. The van der Waals surface area contributed by atoms with Crippen molar-refractivity contribution < 1.29 is 4.74 Å². The lowest BCUT2D eigenvalue weighted by atomic mass is 10.1. The fourth-order valence-corrected chi connectivity index (χ4v) is 2.80. The quantitative estimate of drug-likeness (QED) is 0.752. The van der Waals surface area contributed by atoms with E-state index in [4.69, 9.17) is 9.72 Å². The van der Waals surface area contributed by atoms with E-state index < -0.39 is 0 Å². The third-order valence-corrected chi connectivity index (χ3v) is 3.69. The number of fused-ring (bicyclic) bond motifs is 1. The Bertz CT molecular complexity index is 506. The van der Waals surface area contributed by atoms with Gasteiger partial charge in [-0.15, -0.1) is 0 Å². The molecule has 3 rings (SSSR count). The van der Waals surface area contributed by atoms with Gasteiger partial charge in [-0.1, -0.05) is 0 Å². The zero-order valence-corrected chi connectivity index (χ0v) is 10.6. The molecule has 0 saturated carbocycles. The van der Waals surface area contributed by atoms with Crippen LogP contribution in [-0.2, 0) is 17.6 Å². The molecular weight excluding hydrogens is 226 g/mol. The van der Waals surface area contributed by atoms with Crippen molar-refractivity contribution in [1.82, 2.24) is 4.98 Å². The minimum absolute atomic E-state index is 0.209. The minimum Gasteiger partial charge on any atom is -0.375 e. The molecular formula is C14H17N3O. The van der Waals surface area contributed by atoms with Crippen LogP contribution < -0.4 is 4.90 Å². The van der Waals surface area contributed by atoms with Crippen molar-refractivity contribution in [2.45, 2.75) is 32.3 Å². The molecule has 0 spiro atoms. The maximum absolute atomic E-state index is 9.30. The van der Waals surface area contributed by atoms with Crippen LogP contribution in [0.3, 0.4) is 0 Å². The van der Waals surface area contributed by atoms with Crippen molar-refractivity contribution in [2.75, 3.05) is 24.6 Å². The van der Waals surface area contributed by atoms with Gasteiger partial charge in [0, 0.05) is 18.8 Å². The second-order valence-electron chi connectivity index (χ2n) is 5.06. The summed E-state index contributed by atoms with van der Waals surface area (Å²) in [5.41, 5.74) is 3.16. The van der Waals surface area contributed by atoms with Crippen LogP contribution in [0.15, 0.2) is 6.07 Å². The predicted molar refractivity (Wildman–Crippen MR) is 68.6 cm³/mol. The van der Waals surface area contributed by atoms with Crippen molar-refractivity contribution in [3.63, 3.8) is 0 Å². The number of hydrogen-bond donors (Lipinski definition) is 0. The van der Waals surface area contributed by atoms with Gasteiger partial charge in [-0.3, -0.25) is 0 Å². The first-order valence-corrected chi connectivity index (χ1v) is 6.57. The molecule has 0 aromatic carbocycles. The van der Waals surface area contributed by atoms with Gasteiger partial charge in [-0.2, -0.15) is 5.26 Å². The Morgan fingerprint density at radius 1 is 1.50 bits per heavy atom. The van der Waals surface area contributed by atoms with E-state index in [9.17, 15) is 5.26 Å². The maximum Gasteiger partial charge on any atom is 0.147 e. The number of aryl methyl sites for hydroxylation is 2. The maximum atomic E-state index is 9.30. The number of nitrogens with zero attached hydrogens (tertiary/aromatic N) is 3. The summed E-state index contributed by atoms with van der Waals surface area (Å²) in [6.07, 6.45) is 3.49. The summed E-state index contributed by atoms with van der Waals surface area (Å²) in [6, 6.07) is 4.32. The highest BCUT2D eigenvalue weighted by Crippen LogP contribution is 2.27. The molecule has 1 unspecified atom stereocenters. The van der Waals surface area contributed by atoms with E-state index in [1.165, 1.54) is 11.3 Å². The number of anilines is 1. The van der Waals surface area contributed by atoms with Gasteiger partial charge in [-0.25, -0.2) is 4.98 Å². The van der Waals surface area contributed by atoms with Crippen LogP contribution in [-0.4, -0.2) is 30.8 Å². The average Bonchev–Trinajstić information content (AvgIpc) is 2.84. The zero-order chi connectivity index (χ0) is 12.5. The Labute approximate surface area is 107 Å². The third-order valence-electron chi connectivity index (χ3n) is 3.69. The average molecular weight is 243 g/mol. The van der Waals surface area contributed by atoms with Gasteiger partial charge in [0.25, 0.3) is 0 Å². The van der Waals surface area contributed by atoms with E-state index in [2.05, 4.69) is 17.9 Å². The molecule has 4 heteroatoms. The van der Waals surface area contributed by atoms with Crippen molar-refractivity contribution in [1.29, 1.82) is 5.26 Å². The summed E-state index contributed by atoms with van der Waals surface area (Å²) in [5.74, 6) is 0.855. The summed E-state index contributed by atoms with van der Waals surface area (Å²) in [6.45, 7) is 4.42. The van der Waals surface area contributed by atoms with Crippen molar-refractivity contribution in [2.24, 2.45) is 0 Å². The molecule has 4 nitrogen and oxygen atoms in total. The molecule has 2 aliphatic rings. The highest BCUT2D eigenvalue weighted by molar-refractivity contribution is 5.57. The Hall–Kier alpha value is -1.60. The van der Waals surface area contributed by atoms with Gasteiger partial charge in [-0.05, 0) is 37.8 Å². The Morgan fingerprint density at radius 2 is 2.39 bits per heavy atom. The van der Waals surface area contributed by atoms with E-state index in [1.807, 2.05) is 6.07 Å². The number of nitriles is 1. The highest BCUT2D eigenvalue weighted by Gasteiger charge is 2.23. The normalized spacial score (nSPS) is 22.7. The summed E-state index contributed by atoms with van der Waals surface area (Å²) < 4.78 is 5.54. The molecule has 1 atom stereocenters. The number of pyridine rings is 1. The molecule has 1 saturated heterocycles. The smallest absolute Gasteiger partial charge is 0.147 e. The standard InChI is InChI=1S/C14H17N3O/c1-10-9-17(5-6-18-10)14-12(8-15)7-11-3-2-4-13(11)16-14/h7,10H,2-6,9H2,1H3. The SMILES string of the molecule is CC1CN(c2nc3c(cc2C#N)CCC3)CCO1. The second-order valence-corrected chi connectivity index (χ2v) is 5.06. The lowest BCUT2D eigenvalue weighted by molar-refractivity contribution is 0.0529. The van der Waals surface area contributed by atoms with Gasteiger partial charge in [0.1, 0.15) is 11.9 Å². The minimum atomic E-state index is 0.209. The summed E-state index contributed by atoms with van der Waals surface area (Å²) in [5, 5.41) is 9.30. The van der Waals surface area contributed by atoms with Crippen molar-refractivity contribution >= 4 is 5.82 Å². The number of ether oxygens (including phenoxy) is 1. The molecule has 1 aliphatic carbocycles. The summed E-state index contributed by atoms with van der Waals surface area (Å²) in [7, 11) is 0. The first-order chi connectivity index (χ1) is 8.78. The molecule has 94 valence electrons. The van der Waals surface area contributed by atoms with Crippen molar-refractivity contribution in [3.05, 3.63) is 22.9 Å². The van der Waals surface area contributed by atoms with Crippen LogP contribution in [0.4, 0.5) is 5.82 Å². The van der Waals surface area contributed by atoms with Crippen LogP contribution in [0.5, 0.6) is 0 Å². The topological polar surface area (TPSA) is 49.2 Å². The molecule has 0 radical (unpaired) electrons. The first-order valence-electron chi connectivity index (χ1n) is 6.57. The van der Waals surface area contributed by atoms with Crippen LogP contribution in [0, 0.1) is 11.3 Å².